The Kier molecular flexibility index (Phi) is 4.99. The molecule has 1 aliphatic rings. The summed E-state index contributed by atoms with van der Waals surface area (Å²) in [7, 11) is 0. The van der Waals surface area contributed by atoms with Crippen LogP contribution in [0.15, 0.2) is 5.16 Å². The van der Waals surface area contributed by atoms with Gasteiger partial charge in [-0.25, -0.2) is 4.68 Å². The zero-order valence-corrected chi connectivity index (χ0v) is 11.4. The lowest BCUT2D eigenvalue weighted by atomic mass is 10.5. The molecule has 1 N–H and O–H groups in total. The Labute approximate surface area is 111 Å². The van der Waals surface area contributed by atoms with E-state index in [0.717, 1.165) is 29.8 Å². The number of tetrazole rings is 1. The van der Waals surface area contributed by atoms with E-state index >= 15 is 0 Å². The molecule has 1 aliphatic heterocycles. The van der Waals surface area contributed by atoms with Crippen molar-refractivity contribution in [3.05, 3.63) is 0 Å². The highest BCUT2D eigenvalue weighted by atomic mass is 32.2. The van der Waals surface area contributed by atoms with Gasteiger partial charge >= 0.3 is 5.97 Å². The lowest BCUT2D eigenvalue weighted by molar-refractivity contribution is -0.133. The van der Waals surface area contributed by atoms with E-state index in [9.17, 15) is 4.79 Å². The molecule has 0 aliphatic carbocycles. The highest BCUT2D eigenvalue weighted by Gasteiger charge is 2.18. The third-order valence-corrected chi connectivity index (χ3v) is 5.85. The normalized spacial score (nSPS) is 20.4. The number of carboxylic acid groups (broad SMARTS) is 1. The standard InChI is InChI=1S/C8H12N4O2S3/c13-7(14)5-17-8-9-10-11-12(8)3-6-4-15-1-2-16-6/h6H,1-5H2,(H,13,14). The van der Waals surface area contributed by atoms with Crippen molar-refractivity contribution in [3.63, 3.8) is 0 Å². The van der Waals surface area contributed by atoms with Crippen LogP contribution in [-0.4, -0.2) is 59.5 Å². The van der Waals surface area contributed by atoms with Gasteiger partial charge < -0.3 is 5.11 Å². The molecule has 6 nitrogen and oxygen atoms in total. The Morgan fingerprint density at radius 1 is 1.59 bits per heavy atom. The van der Waals surface area contributed by atoms with Crippen molar-refractivity contribution in [2.75, 3.05) is 23.0 Å². The van der Waals surface area contributed by atoms with Crippen molar-refractivity contribution < 1.29 is 9.90 Å². The summed E-state index contributed by atoms with van der Waals surface area (Å²) < 4.78 is 1.71. The van der Waals surface area contributed by atoms with E-state index in [0.29, 0.717) is 10.4 Å². The first-order valence-corrected chi connectivity index (χ1v) is 8.24. The zero-order valence-electron chi connectivity index (χ0n) is 8.98. The van der Waals surface area contributed by atoms with Crippen LogP contribution in [0.2, 0.25) is 0 Å². The number of nitrogens with zero attached hydrogens (tertiary/aromatic N) is 4. The predicted octanol–water partition coefficient (Wildman–Crippen LogP) is 0.698. The van der Waals surface area contributed by atoms with Gasteiger partial charge in [-0.15, -0.1) is 5.10 Å². The molecule has 94 valence electrons. The number of aliphatic carboxylic acids is 1. The van der Waals surface area contributed by atoms with Gasteiger partial charge in [0.25, 0.3) is 0 Å². The van der Waals surface area contributed by atoms with Crippen LogP contribution in [0.25, 0.3) is 0 Å². The predicted molar refractivity (Wildman–Crippen MR) is 69.7 cm³/mol. The highest BCUT2D eigenvalue weighted by molar-refractivity contribution is 8.06. The Bertz CT molecular complexity index is 381. The number of rotatable bonds is 5. The molecular formula is C8H12N4O2S3. The number of hydrogen-bond donors (Lipinski definition) is 1. The maximum absolute atomic E-state index is 10.5. The van der Waals surface area contributed by atoms with Gasteiger partial charge in [-0.1, -0.05) is 11.8 Å². The largest absolute Gasteiger partial charge is 0.481 e. The second-order valence-corrected chi connectivity index (χ2v) is 6.89. The molecule has 17 heavy (non-hydrogen) atoms. The van der Waals surface area contributed by atoms with Gasteiger partial charge in [0.15, 0.2) is 0 Å². The van der Waals surface area contributed by atoms with E-state index in [-0.39, 0.29) is 5.75 Å². The number of hydrogen-bond acceptors (Lipinski definition) is 7. The lowest BCUT2D eigenvalue weighted by Crippen LogP contribution is -2.21. The smallest absolute Gasteiger partial charge is 0.313 e. The van der Waals surface area contributed by atoms with E-state index in [1.165, 1.54) is 5.75 Å². The van der Waals surface area contributed by atoms with Crippen molar-refractivity contribution in [1.82, 2.24) is 20.2 Å². The van der Waals surface area contributed by atoms with Crippen molar-refractivity contribution in [1.29, 1.82) is 0 Å². The highest BCUT2D eigenvalue weighted by Crippen LogP contribution is 2.26. The molecule has 1 saturated heterocycles. The van der Waals surface area contributed by atoms with Gasteiger partial charge in [0, 0.05) is 22.5 Å². The van der Waals surface area contributed by atoms with Crippen molar-refractivity contribution >= 4 is 41.3 Å². The van der Waals surface area contributed by atoms with Crippen LogP contribution in [0.5, 0.6) is 0 Å². The molecule has 0 bridgehead atoms. The molecule has 1 aromatic rings. The first-order valence-electron chi connectivity index (χ1n) is 5.06. The average Bonchev–Trinajstić information content (AvgIpc) is 2.75. The van der Waals surface area contributed by atoms with E-state index in [2.05, 4.69) is 15.5 Å². The minimum atomic E-state index is -0.854. The molecule has 9 heteroatoms. The van der Waals surface area contributed by atoms with Gasteiger partial charge in [-0.05, 0) is 10.4 Å². The van der Waals surface area contributed by atoms with Gasteiger partial charge in [0.05, 0.1) is 12.3 Å². The quantitative estimate of drug-likeness (QED) is 0.794. The fraction of sp³-hybridized carbons (Fsp3) is 0.750. The third-order valence-electron chi connectivity index (χ3n) is 2.09. The molecular weight excluding hydrogens is 280 g/mol. The topological polar surface area (TPSA) is 80.9 Å². The van der Waals surface area contributed by atoms with E-state index in [1.54, 1.807) is 4.68 Å². The van der Waals surface area contributed by atoms with E-state index in [4.69, 9.17) is 5.11 Å². The van der Waals surface area contributed by atoms with Crippen molar-refractivity contribution in [2.45, 2.75) is 17.0 Å². The van der Waals surface area contributed by atoms with Gasteiger partial charge in [-0.2, -0.15) is 23.5 Å². The summed E-state index contributed by atoms with van der Waals surface area (Å²) in [5.74, 6) is 2.61. The van der Waals surface area contributed by atoms with Crippen LogP contribution < -0.4 is 0 Å². The summed E-state index contributed by atoms with van der Waals surface area (Å²) >= 11 is 5.04. The Balaban J connectivity index is 1.91. The third kappa shape index (κ3) is 4.07. The summed E-state index contributed by atoms with van der Waals surface area (Å²) in [6, 6.07) is 0. The SMILES string of the molecule is O=C(O)CSc1nnnn1CC1CSCCS1. The van der Waals surface area contributed by atoms with Gasteiger partial charge in [0.1, 0.15) is 0 Å². The minimum absolute atomic E-state index is 0.00701. The summed E-state index contributed by atoms with van der Waals surface area (Å²) in [6.45, 7) is 0.757. The number of carboxylic acids is 1. The van der Waals surface area contributed by atoms with Crippen LogP contribution in [0, 0.1) is 0 Å². The van der Waals surface area contributed by atoms with Crippen LogP contribution in [0.1, 0.15) is 0 Å². The Morgan fingerprint density at radius 2 is 2.47 bits per heavy atom. The molecule has 0 amide bonds. The van der Waals surface area contributed by atoms with Crippen LogP contribution in [0.4, 0.5) is 0 Å². The maximum Gasteiger partial charge on any atom is 0.313 e. The van der Waals surface area contributed by atoms with Gasteiger partial charge in [-0.3, -0.25) is 4.79 Å². The summed E-state index contributed by atoms with van der Waals surface area (Å²) in [5.41, 5.74) is 0. The van der Waals surface area contributed by atoms with E-state index < -0.39 is 5.97 Å². The molecule has 0 spiro atoms. The number of aromatic nitrogens is 4. The van der Waals surface area contributed by atoms with E-state index in [1.807, 2.05) is 23.5 Å². The molecule has 1 fully saturated rings. The summed E-state index contributed by atoms with van der Waals surface area (Å²) in [4.78, 5) is 10.5. The molecule has 2 rings (SSSR count). The lowest BCUT2D eigenvalue weighted by Gasteiger charge is -2.20. The monoisotopic (exact) mass is 292 g/mol. The van der Waals surface area contributed by atoms with Crippen LogP contribution in [0.3, 0.4) is 0 Å². The fourth-order valence-corrected chi connectivity index (χ4v) is 4.63. The molecule has 0 aromatic carbocycles. The maximum atomic E-state index is 10.5. The molecule has 0 radical (unpaired) electrons. The fourth-order valence-electron chi connectivity index (χ4n) is 1.38. The molecule has 1 atom stereocenters. The molecule has 1 aromatic heterocycles. The summed E-state index contributed by atoms with van der Waals surface area (Å²) in [6.07, 6.45) is 0. The second kappa shape index (κ2) is 6.50. The molecule has 2 heterocycles. The first-order chi connectivity index (χ1) is 8.25. The number of thioether (sulfide) groups is 3. The molecule has 0 saturated carbocycles. The zero-order chi connectivity index (χ0) is 12.1. The molecule has 1 unspecified atom stereocenters. The summed E-state index contributed by atoms with van der Waals surface area (Å²) in [5, 5.41) is 21.1. The first kappa shape index (κ1) is 13.0. The Morgan fingerprint density at radius 3 is 3.18 bits per heavy atom. The average molecular weight is 292 g/mol. The van der Waals surface area contributed by atoms with Crippen LogP contribution in [-0.2, 0) is 11.3 Å². The van der Waals surface area contributed by atoms with Crippen molar-refractivity contribution in [2.24, 2.45) is 0 Å². The minimum Gasteiger partial charge on any atom is -0.481 e. The Hall–Kier alpha value is -0.410. The van der Waals surface area contributed by atoms with Crippen LogP contribution >= 0.6 is 35.3 Å². The second-order valence-electron chi connectivity index (χ2n) is 3.39. The number of carbonyl (C=O) groups is 1. The van der Waals surface area contributed by atoms with Gasteiger partial charge in [0.2, 0.25) is 5.16 Å². The van der Waals surface area contributed by atoms with Crippen molar-refractivity contribution in [3.8, 4) is 0 Å².